The summed E-state index contributed by atoms with van der Waals surface area (Å²) in [6.45, 7) is 3.48. The molecule has 0 saturated carbocycles. The van der Waals surface area contributed by atoms with E-state index in [-0.39, 0.29) is 18.3 Å². The molecule has 0 unspecified atom stereocenters. The number of hydrazone groups is 1. The molecule has 0 aliphatic carbocycles. The van der Waals surface area contributed by atoms with Crippen molar-refractivity contribution in [2.45, 2.75) is 13.8 Å². The zero-order valence-electron chi connectivity index (χ0n) is 14.0. The van der Waals surface area contributed by atoms with Gasteiger partial charge in [-0.15, -0.1) is 0 Å². The van der Waals surface area contributed by atoms with Gasteiger partial charge < -0.3 is 14.8 Å². The van der Waals surface area contributed by atoms with Crippen molar-refractivity contribution in [3.63, 3.8) is 0 Å². The summed E-state index contributed by atoms with van der Waals surface area (Å²) in [4.78, 5) is 15.0. The third kappa shape index (κ3) is 3.80. The molecule has 25 heavy (non-hydrogen) atoms. The Morgan fingerprint density at radius 1 is 1.28 bits per heavy atom. The molecule has 1 amide bonds. The van der Waals surface area contributed by atoms with E-state index in [1.54, 1.807) is 18.3 Å². The Hall–Kier alpha value is -3.28. The highest BCUT2D eigenvalue weighted by atomic mass is 16.5. The first-order chi connectivity index (χ1) is 12.0. The van der Waals surface area contributed by atoms with Gasteiger partial charge in [-0.25, -0.2) is 5.43 Å². The van der Waals surface area contributed by atoms with Gasteiger partial charge in [-0.2, -0.15) is 5.10 Å². The zero-order chi connectivity index (χ0) is 17.8. The van der Waals surface area contributed by atoms with Gasteiger partial charge >= 0.3 is 0 Å². The molecule has 128 valence electrons. The first-order valence-corrected chi connectivity index (χ1v) is 7.85. The molecule has 0 aliphatic heterocycles. The molecule has 1 heterocycles. The minimum atomic E-state index is -0.357. The van der Waals surface area contributed by atoms with E-state index in [2.05, 4.69) is 15.5 Å². The molecule has 6 heteroatoms. The molecule has 3 aromatic rings. The van der Waals surface area contributed by atoms with E-state index >= 15 is 0 Å². The van der Waals surface area contributed by atoms with Crippen molar-refractivity contribution >= 4 is 23.0 Å². The van der Waals surface area contributed by atoms with Crippen LogP contribution in [0.25, 0.3) is 10.9 Å². The lowest BCUT2D eigenvalue weighted by atomic mass is 10.1. The van der Waals surface area contributed by atoms with Crippen molar-refractivity contribution in [3.8, 4) is 11.5 Å². The maximum Gasteiger partial charge on any atom is 0.277 e. The molecular formula is C19H19N3O3. The van der Waals surface area contributed by atoms with Crippen molar-refractivity contribution < 1.29 is 14.6 Å². The van der Waals surface area contributed by atoms with Crippen LogP contribution in [0.4, 0.5) is 0 Å². The van der Waals surface area contributed by atoms with Gasteiger partial charge in [0, 0.05) is 22.7 Å². The molecule has 1 aromatic heterocycles. The van der Waals surface area contributed by atoms with Gasteiger partial charge in [0.2, 0.25) is 0 Å². The highest BCUT2D eigenvalue weighted by Gasteiger charge is 2.08. The number of aromatic nitrogens is 1. The van der Waals surface area contributed by atoms with Crippen LogP contribution >= 0.6 is 0 Å². The summed E-state index contributed by atoms with van der Waals surface area (Å²) in [7, 11) is 0. The predicted octanol–water partition coefficient (Wildman–Crippen LogP) is 3.02. The summed E-state index contributed by atoms with van der Waals surface area (Å²) in [5.41, 5.74) is 5.92. The molecule has 0 bridgehead atoms. The van der Waals surface area contributed by atoms with Gasteiger partial charge in [0.15, 0.2) is 6.61 Å². The topological polar surface area (TPSA) is 86.7 Å². The number of hydrogen-bond donors (Lipinski definition) is 3. The quantitative estimate of drug-likeness (QED) is 0.494. The average molecular weight is 337 g/mol. The Morgan fingerprint density at radius 3 is 2.80 bits per heavy atom. The number of aromatic amines is 1. The van der Waals surface area contributed by atoms with E-state index in [1.807, 2.05) is 44.3 Å². The van der Waals surface area contributed by atoms with Gasteiger partial charge in [0.25, 0.3) is 5.91 Å². The molecule has 6 nitrogen and oxygen atoms in total. The van der Waals surface area contributed by atoms with Crippen LogP contribution in [-0.4, -0.2) is 28.8 Å². The fourth-order valence-corrected chi connectivity index (χ4v) is 2.72. The maximum absolute atomic E-state index is 11.9. The molecule has 0 saturated heterocycles. The number of nitrogens with one attached hydrogen (secondary N) is 2. The number of ether oxygens (including phenoxy) is 1. The molecule has 2 aromatic carbocycles. The number of phenols is 1. The zero-order valence-corrected chi connectivity index (χ0v) is 14.0. The van der Waals surface area contributed by atoms with Crippen LogP contribution in [0.1, 0.15) is 16.7 Å². The molecular weight excluding hydrogens is 318 g/mol. The van der Waals surface area contributed by atoms with Gasteiger partial charge in [-0.1, -0.05) is 12.1 Å². The van der Waals surface area contributed by atoms with E-state index in [4.69, 9.17) is 4.74 Å². The fourth-order valence-electron chi connectivity index (χ4n) is 2.72. The lowest BCUT2D eigenvalue weighted by Crippen LogP contribution is -2.25. The number of nitrogens with zero attached hydrogens (tertiary/aromatic N) is 1. The van der Waals surface area contributed by atoms with E-state index in [1.165, 1.54) is 0 Å². The van der Waals surface area contributed by atoms with Crippen LogP contribution in [0.2, 0.25) is 0 Å². The number of amides is 1. The van der Waals surface area contributed by atoms with Crippen LogP contribution in [0, 0.1) is 13.8 Å². The average Bonchev–Trinajstić information content (AvgIpc) is 3.03. The molecule has 0 aliphatic rings. The van der Waals surface area contributed by atoms with Crippen molar-refractivity contribution in [2.75, 3.05) is 6.61 Å². The maximum atomic E-state index is 11.9. The number of rotatable bonds is 5. The minimum Gasteiger partial charge on any atom is -0.508 e. The van der Waals surface area contributed by atoms with Gasteiger partial charge in [-0.3, -0.25) is 4.79 Å². The number of benzene rings is 2. The lowest BCUT2D eigenvalue weighted by molar-refractivity contribution is -0.123. The lowest BCUT2D eigenvalue weighted by Gasteiger charge is -2.11. The fraction of sp³-hybridized carbons (Fsp3) is 0.158. The van der Waals surface area contributed by atoms with Gasteiger partial charge in [0.05, 0.1) is 6.21 Å². The van der Waals surface area contributed by atoms with E-state index in [9.17, 15) is 9.90 Å². The number of carbonyl (C=O) groups excluding carboxylic acids is 1. The summed E-state index contributed by atoms with van der Waals surface area (Å²) in [6, 6.07) is 11.0. The van der Waals surface area contributed by atoms with E-state index in [0.29, 0.717) is 5.75 Å². The third-order valence-corrected chi connectivity index (χ3v) is 3.81. The summed E-state index contributed by atoms with van der Waals surface area (Å²) in [6.07, 6.45) is 3.46. The third-order valence-electron chi connectivity index (χ3n) is 3.81. The molecule has 0 atom stereocenters. The molecule has 0 spiro atoms. The minimum absolute atomic E-state index is 0.155. The Morgan fingerprint density at radius 2 is 2.04 bits per heavy atom. The smallest absolute Gasteiger partial charge is 0.277 e. The summed E-state index contributed by atoms with van der Waals surface area (Å²) in [5, 5.41) is 14.5. The number of hydrogen-bond acceptors (Lipinski definition) is 4. The monoisotopic (exact) mass is 337 g/mol. The van der Waals surface area contributed by atoms with Crippen molar-refractivity contribution in [2.24, 2.45) is 5.10 Å². The van der Waals surface area contributed by atoms with Crippen LogP contribution in [0.3, 0.4) is 0 Å². The van der Waals surface area contributed by atoms with Gasteiger partial charge in [-0.05, 0) is 49.2 Å². The Labute approximate surface area is 145 Å². The first-order valence-electron chi connectivity index (χ1n) is 7.85. The standard InChI is InChI=1S/C19H19N3O3/c1-12-8-15(23)9-13(2)19(12)25-11-18(24)22-21-10-14-4-3-5-17-16(14)6-7-20-17/h3-10,20,23H,11H2,1-2H3,(H,22,24)/b21-10+. The van der Waals surface area contributed by atoms with E-state index < -0.39 is 0 Å². The molecule has 0 fully saturated rings. The van der Waals surface area contributed by atoms with Crippen molar-refractivity contribution in [1.29, 1.82) is 0 Å². The molecule has 3 rings (SSSR count). The number of aryl methyl sites for hydroxylation is 2. The largest absolute Gasteiger partial charge is 0.508 e. The number of carbonyl (C=O) groups is 1. The Balaban J connectivity index is 1.59. The van der Waals surface area contributed by atoms with Crippen LogP contribution in [0.5, 0.6) is 11.5 Å². The van der Waals surface area contributed by atoms with Crippen LogP contribution < -0.4 is 10.2 Å². The SMILES string of the molecule is Cc1cc(O)cc(C)c1OCC(=O)N/N=C/c1cccc2[nH]ccc12. The van der Waals surface area contributed by atoms with Gasteiger partial charge in [0.1, 0.15) is 11.5 Å². The van der Waals surface area contributed by atoms with Crippen LogP contribution in [0.15, 0.2) is 47.7 Å². The highest BCUT2D eigenvalue weighted by Crippen LogP contribution is 2.27. The van der Waals surface area contributed by atoms with Crippen LogP contribution in [-0.2, 0) is 4.79 Å². The Kier molecular flexibility index (Phi) is 4.70. The molecule has 0 radical (unpaired) electrons. The second-order valence-corrected chi connectivity index (χ2v) is 5.78. The summed E-state index contributed by atoms with van der Waals surface area (Å²) < 4.78 is 5.54. The van der Waals surface area contributed by atoms with Crippen molar-refractivity contribution in [1.82, 2.24) is 10.4 Å². The van der Waals surface area contributed by atoms with Crippen molar-refractivity contribution in [3.05, 3.63) is 59.3 Å². The predicted molar refractivity (Wildman–Crippen MR) is 97.1 cm³/mol. The number of aromatic hydroxyl groups is 1. The normalized spacial score (nSPS) is 11.1. The second kappa shape index (κ2) is 7.09. The first kappa shape index (κ1) is 16.6. The number of fused-ring (bicyclic) bond motifs is 1. The van der Waals surface area contributed by atoms with E-state index in [0.717, 1.165) is 27.6 Å². The summed E-state index contributed by atoms with van der Waals surface area (Å²) in [5.74, 6) is 0.411. The highest BCUT2D eigenvalue weighted by molar-refractivity contribution is 5.98. The number of H-pyrrole nitrogens is 1. The Bertz CT molecular complexity index is 921. The second-order valence-electron chi connectivity index (χ2n) is 5.78. The number of phenolic OH excluding ortho intramolecular Hbond substituents is 1. The summed E-state index contributed by atoms with van der Waals surface area (Å²) >= 11 is 0. The molecule has 3 N–H and O–H groups in total.